The van der Waals surface area contributed by atoms with Gasteiger partial charge >= 0.3 is 5.97 Å². The number of ether oxygens (including phenoxy) is 1. The smallest absolute Gasteiger partial charge is 0.338 e. The van der Waals surface area contributed by atoms with Gasteiger partial charge in [0.25, 0.3) is 0 Å². The van der Waals surface area contributed by atoms with Crippen molar-refractivity contribution < 1.29 is 30.8 Å². The molecule has 1 aliphatic rings. The highest BCUT2D eigenvalue weighted by atomic mass is 32.2. The summed E-state index contributed by atoms with van der Waals surface area (Å²) in [5.41, 5.74) is 1.06. The molecular formula is C19H20FNO6S2. The van der Waals surface area contributed by atoms with Crippen molar-refractivity contribution in [3.63, 3.8) is 0 Å². The van der Waals surface area contributed by atoms with Crippen LogP contribution in [0.3, 0.4) is 0 Å². The third kappa shape index (κ3) is 4.13. The summed E-state index contributed by atoms with van der Waals surface area (Å²) in [5.74, 6) is -1.83. The van der Waals surface area contributed by atoms with Gasteiger partial charge in [0.1, 0.15) is 5.82 Å². The molecule has 0 saturated carbocycles. The van der Waals surface area contributed by atoms with Crippen molar-refractivity contribution >= 4 is 31.5 Å². The second kappa shape index (κ2) is 7.42. The van der Waals surface area contributed by atoms with E-state index in [0.717, 1.165) is 16.6 Å². The Labute approximate surface area is 169 Å². The monoisotopic (exact) mass is 441 g/mol. The van der Waals surface area contributed by atoms with Crippen molar-refractivity contribution in [2.45, 2.75) is 17.7 Å². The number of methoxy groups -OCH3 is 1. The maximum atomic E-state index is 13.2. The molecule has 1 unspecified atom stereocenters. The largest absolute Gasteiger partial charge is 0.465 e. The highest BCUT2D eigenvalue weighted by molar-refractivity contribution is 7.93. The zero-order valence-corrected chi connectivity index (χ0v) is 17.7. The summed E-state index contributed by atoms with van der Waals surface area (Å²) in [5, 5.41) is 0. The van der Waals surface area contributed by atoms with Gasteiger partial charge in [-0.05, 0) is 42.3 Å². The quantitative estimate of drug-likeness (QED) is 0.675. The minimum Gasteiger partial charge on any atom is -0.465 e. The van der Waals surface area contributed by atoms with E-state index in [-0.39, 0.29) is 28.4 Å². The van der Waals surface area contributed by atoms with Crippen LogP contribution in [0.15, 0.2) is 41.3 Å². The van der Waals surface area contributed by atoms with E-state index in [0.29, 0.717) is 11.1 Å². The zero-order chi connectivity index (χ0) is 21.6. The molecule has 29 heavy (non-hydrogen) atoms. The number of sulfonamides is 1. The molecule has 1 aliphatic heterocycles. The van der Waals surface area contributed by atoms with E-state index in [9.17, 15) is 26.0 Å². The number of benzene rings is 2. The van der Waals surface area contributed by atoms with Gasteiger partial charge in [0.15, 0.2) is 9.84 Å². The Morgan fingerprint density at radius 2 is 1.83 bits per heavy atom. The van der Waals surface area contributed by atoms with Crippen LogP contribution >= 0.6 is 0 Å². The summed E-state index contributed by atoms with van der Waals surface area (Å²) in [6, 6.07) is 8.05. The molecule has 2 aromatic rings. The second-order valence-electron chi connectivity index (χ2n) is 6.96. The van der Waals surface area contributed by atoms with Crippen molar-refractivity contribution in [1.29, 1.82) is 0 Å². The van der Waals surface area contributed by atoms with Crippen molar-refractivity contribution in [3.05, 3.63) is 58.9 Å². The Bertz CT molecular complexity index is 1170. The molecule has 0 aliphatic carbocycles. The van der Waals surface area contributed by atoms with Crippen LogP contribution in [-0.4, -0.2) is 48.5 Å². The van der Waals surface area contributed by atoms with Gasteiger partial charge in [-0.15, -0.1) is 0 Å². The molecule has 7 nitrogen and oxygen atoms in total. The molecule has 1 heterocycles. The van der Waals surface area contributed by atoms with Crippen LogP contribution in [0.2, 0.25) is 0 Å². The van der Waals surface area contributed by atoms with Crippen LogP contribution in [-0.2, 0) is 24.6 Å². The van der Waals surface area contributed by atoms with Gasteiger partial charge in [-0.2, -0.15) is 0 Å². The van der Waals surface area contributed by atoms with E-state index in [1.807, 2.05) is 0 Å². The molecule has 3 rings (SSSR count). The molecule has 10 heteroatoms. The number of esters is 1. The van der Waals surface area contributed by atoms with Crippen LogP contribution in [0.5, 0.6) is 0 Å². The van der Waals surface area contributed by atoms with Gasteiger partial charge in [-0.1, -0.05) is 12.1 Å². The van der Waals surface area contributed by atoms with E-state index < -0.39 is 37.6 Å². The molecular weight excluding hydrogens is 421 g/mol. The Kier molecular flexibility index (Phi) is 5.44. The van der Waals surface area contributed by atoms with E-state index in [2.05, 4.69) is 4.74 Å². The van der Waals surface area contributed by atoms with Gasteiger partial charge in [-0.25, -0.2) is 26.0 Å². The van der Waals surface area contributed by atoms with E-state index in [1.165, 1.54) is 37.4 Å². The minimum atomic E-state index is -3.85. The predicted octanol–water partition coefficient (Wildman–Crippen LogP) is 2.26. The molecule has 0 aromatic heterocycles. The van der Waals surface area contributed by atoms with Crippen LogP contribution in [0.1, 0.15) is 27.4 Å². The lowest BCUT2D eigenvalue weighted by molar-refractivity contribution is 0.0599. The van der Waals surface area contributed by atoms with E-state index in [1.54, 1.807) is 6.92 Å². The van der Waals surface area contributed by atoms with E-state index in [4.69, 9.17) is 0 Å². The van der Waals surface area contributed by atoms with Crippen molar-refractivity contribution in [1.82, 2.24) is 0 Å². The lowest BCUT2D eigenvalue weighted by atomic mass is 10.0. The molecule has 0 N–H and O–H groups in total. The molecule has 156 valence electrons. The Balaban J connectivity index is 2.12. The van der Waals surface area contributed by atoms with Gasteiger partial charge in [0.05, 0.1) is 29.0 Å². The number of hydrogen-bond acceptors (Lipinski definition) is 6. The SMILES string of the molecule is COC(=O)c1cc(S(C)(=O)=O)c(N2CC(c3ccc(F)cc3)CS2(=O)=O)cc1C. The van der Waals surface area contributed by atoms with E-state index >= 15 is 0 Å². The van der Waals surface area contributed by atoms with Gasteiger partial charge < -0.3 is 4.74 Å². The molecule has 1 atom stereocenters. The molecule has 0 amide bonds. The number of rotatable bonds is 4. The number of aryl methyl sites for hydroxylation is 1. The maximum Gasteiger partial charge on any atom is 0.338 e. The summed E-state index contributed by atoms with van der Waals surface area (Å²) in [6.07, 6.45) is 0.947. The number of halogens is 1. The van der Waals surface area contributed by atoms with Crippen molar-refractivity contribution in [2.75, 3.05) is 30.0 Å². The van der Waals surface area contributed by atoms with Crippen molar-refractivity contribution in [2.24, 2.45) is 0 Å². The number of anilines is 1. The minimum absolute atomic E-state index is 0.00744. The predicted molar refractivity (Wildman–Crippen MR) is 106 cm³/mol. The van der Waals surface area contributed by atoms with Crippen molar-refractivity contribution in [3.8, 4) is 0 Å². The average Bonchev–Trinajstić information content (AvgIpc) is 2.95. The molecule has 2 aromatic carbocycles. The topological polar surface area (TPSA) is 97.8 Å². The Morgan fingerprint density at radius 3 is 2.38 bits per heavy atom. The fraction of sp³-hybridized carbons (Fsp3) is 0.316. The molecule has 0 bridgehead atoms. The molecule has 1 fully saturated rings. The Morgan fingerprint density at radius 1 is 1.21 bits per heavy atom. The lowest BCUT2D eigenvalue weighted by Crippen LogP contribution is -2.27. The summed E-state index contributed by atoms with van der Waals surface area (Å²) < 4.78 is 69.3. The summed E-state index contributed by atoms with van der Waals surface area (Å²) >= 11 is 0. The highest BCUT2D eigenvalue weighted by Gasteiger charge is 2.39. The number of hydrogen-bond donors (Lipinski definition) is 0. The van der Waals surface area contributed by atoms with Gasteiger partial charge in [0, 0.05) is 18.7 Å². The maximum absolute atomic E-state index is 13.2. The summed E-state index contributed by atoms with van der Waals surface area (Å²) in [7, 11) is -6.51. The van der Waals surface area contributed by atoms with Gasteiger partial charge in [-0.3, -0.25) is 4.31 Å². The fourth-order valence-electron chi connectivity index (χ4n) is 3.39. The lowest BCUT2D eigenvalue weighted by Gasteiger charge is -2.22. The third-order valence-electron chi connectivity index (χ3n) is 4.85. The summed E-state index contributed by atoms with van der Waals surface area (Å²) in [4.78, 5) is 11.7. The molecule has 1 saturated heterocycles. The van der Waals surface area contributed by atoms with Crippen LogP contribution in [0, 0.1) is 12.7 Å². The Hall–Kier alpha value is -2.46. The van der Waals surface area contributed by atoms with Crippen LogP contribution in [0.4, 0.5) is 10.1 Å². The molecule has 0 radical (unpaired) electrons. The second-order valence-corrected chi connectivity index (χ2v) is 10.9. The first-order chi connectivity index (χ1) is 13.4. The fourth-order valence-corrected chi connectivity index (χ4v) is 6.17. The number of sulfone groups is 1. The zero-order valence-electron chi connectivity index (χ0n) is 16.0. The first kappa shape index (κ1) is 21.3. The third-order valence-corrected chi connectivity index (χ3v) is 7.82. The normalized spacial score (nSPS) is 18.6. The number of carbonyl (C=O) groups is 1. The van der Waals surface area contributed by atoms with Crippen LogP contribution in [0.25, 0.3) is 0 Å². The average molecular weight is 442 g/mol. The molecule has 0 spiro atoms. The summed E-state index contributed by atoms with van der Waals surface area (Å²) in [6.45, 7) is 1.58. The van der Waals surface area contributed by atoms with Gasteiger partial charge in [0.2, 0.25) is 10.0 Å². The highest BCUT2D eigenvalue weighted by Crippen LogP contribution is 2.37. The standard InChI is InChI=1S/C19H20FNO6S2/c1-12-8-17(18(28(3,23)24)9-16(12)19(22)27-2)21-10-14(11-29(21,25)26)13-4-6-15(20)7-5-13/h4-9,14H,10-11H2,1-3H3. The number of nitrogens with zero attached hydrogens (tertiary/aromatic N) is 1. The van der Waals surface area contributed by atoms with Crippen LogP contribution < -0.4 is 4.31 Å². The first-order valence-electron chi connectivity index (χ1n) is 8.63. The first-order valence-corrected chi connectivity index (χ1v) is 12.1. The number of carbonyl (C=O) groups excluding carboxylic acids is 1.